The summed E-state index contributed by atoms with van der Waals surface area (Å²) in [4.78, 5) is 14.0. The quantitative estimate of drug-likeness (QED) is 0.452. The monoisotopic (exact) mass is 341 g/mol. The van der Waals surface area contributed by atoms with Crippen molar-refractivity contribution in [2.45, 2.75) is 39.5 Å². The van der Waals surface area contributed by atoms with E-state index < -0.39 is 0 Å². The first kappa shape index (κ1) is 16.6. The zero-order valence-electron chi connectivity index (χ0n) is 15.7. The van der Waals surface area contributed by atoms with Crippen LogP contribution in [-0.4, -0.2) is 15.0 Å². The van der Waals surface area contributed by atoms with Crippen molar-refractivity contribution < 1.29 is 0 Å². The molecule has 130 valence electrons. The van der Waals surface area contributed by atoms with Crippen molar-refractivity contribution in [3.63, 3.8) is 0 Å². The van der Waals surface area contributed by atoms with Crippen molar-refractivity contribution in [3.8, 4) is 11.3 Å². The highest BCUT2D eigenvalue weighted by Crippen LogP contribution is 2.29. The maximum Gasteiger partial charge on any atom is 0.0921 e. The number of benzene rings is 2. The Balaban J connectivity index is 1.85. The average molecular weight is 341 g/mol. The molecule has 3 heteroatoms. The van der Waals surface area contributed by atoms with Gasteiger partial charge >= 0.3 is 0 Å². The van der Waals surface area contributed by atoms with E-state index in [9.17, 15) is 0 Å². The van der Waals surface area contributed by atoms with Gasteiger partial charge in [0.2, 0.25) is 0 Å². The summed E-state index contributed by atoms with van der Waals surface area (Å²) in [5, 5.41) is 2.40. The maximum absolute atomic E-state index is 4.87. The summed E-state index contributed by atoms with van der Waals surface area (Å²) < 4.78 is 0. The first-order chi connectivity index (χ1) is 12.5. The molecule has 0 aliphatic carbocycles. The van der Waals surface area contributed by atoms with Crippen molar-refractivity contribution in [1.82, 2.24) is 15.0 Å². The van der Waals surface area contributed by atoms with Gasteiger partial charge in [0.25, 0.3) is 0 Å². The number of fused-ring (bicyclic) bond motifs is 2. The second-order valence-corrected chi connectivity index (χ2v) is 7.44. The lowest BCUT2D eigenvalue weighted by atomic mass is 9.97. The van der Waals surface area contributed by atoms with E-state index >= 15 is 0 Å². The minimum Gasteiger partial charge on any atom is -0.264 e. The number of rotatable bonds is 3. The third kappa shape index (κ3) is 2.84. The lowest BCUT2D eigenvalue weighted by molar-refractivity contribution is 0.869. The molecule has 0 fully saturated rings. The highest BCUT2D eigenvalue weighted by molar-refractivity contribution is 5.89. The van der Waals surface area contributed by atoms with Gasteiger partial charge < -0.3 is 0 Å². The fourth-order valence-electron chi connectivity index (χ4n) is 3.49. The van der Waals surface area contributed by atoms with Gasteiger partial charge in [-0.2, -0.15) is 0 Å². The molecule has 0 saturated carbocycles. The molecule has 0 amide bonds. The van der Waals surface area contributed by atoms with Crippen LogP contribution in [0.1, 0.15) is 50.7 Å². The van der Waals surface area contributed by atoms with Gasteiger partial charge in [-0.05, 0) is 40.5 Å². The van der Waals surface area contributed by atoms with E-state index in [0.29, 0.717) is 11.8 Å². The molecule has 0 saturated heterocycles. The predicted octanol–water partition coefficient (Wildman–Crippen LogP) is 6.09. The third-order valence-electron chi connectivity index (χ3n) is 4.93. The van der Waals surface area contributed by atoms with Crippen molar-refractivity contribution in [2.75, 3.05) is 0 Å². The average Bonchev–Trinajstić information content (AvgIpc) is 2.65. The largest absolute Gasteiger partial charge is 0.264 e. The second kappa shape index (κ2) is 6.49. The summed E-state index contributed by atoms with van der Waals surface area (Å²) in [5.74, 6) is 0.881. The standard InChI is InChI=1S/C23H23N3/c1-14(2)18-6-5-7-21-23(18)25-13-22(26-21)16-8-9-19-17(10-16)11-24-12-20(19)15(3)4/h5-15H,1-4H3. The second-order valence-electron chi connectivity index (χ2n) is 7.44. The zero-order chi connectivity index (χ0) is 18.3. The lowest BCUT2D eigenvalue weighted by Gasteiger charge is -2.11. The Labute approximate surface area is 154 Å². The highest BCUT2D eigenvalue weighted by atomic mass is 14.8. The maximum atomic E-state index is 4.87. The van der Waals surface area contributed by atoms with Crippen LogP contribution in [0.3, 0.4) is 0 Å². The van der Waals surface area contributed by atoms with Gasteiger partial charge in [0.1, 0.15) is 0 Å². The molecule has 3 nitrogen and oxygen atoms in total. The Morgan fingerprint density at radius 1 is 0.808 bits per heavy atom. The van der Waals surface area contributed by atoms with Gasteiger partial charge in [0.05, 0.1) is 22.9 Å². The van der Waals surface area contributed by atoms with Crippen LogP contribution in [0, 0.1) is 0 Å². The van der Waals surface area contributed by atoms with Gasteiger partial charge in [0.15, 0.2) is 0 Å². The molecule has 4 rings (SSSR count). The Morgan fingerprint density at radius 2 is 1.62 bits per heavy atom. The first-order valence-electron chi connectivity index (χ1n) is 9.18. The number of nitrogens with zero attached hydrogens (tertiary/aromatic N) is 3. The summed E-state index contributed by atoms with van der Waals surface area (Å²) in [5.41, 5.74) is 6.43. The molecule has 4 aromatic rings. The molecule has 0 atom stereocenters. The van der Waals surface area contributed by atoms with Gasteiger partial charge in [-0.15, -0.1) is 0 Å². The number of pyridine rings is 1. The van der Waals surface area contributed by atoms with Crippen LogP contribution in [0.5, 0.6) is 0 Å². The third-order valence-corrected chi connectivity index (χ3v) is 4.93. The number of aromatic nitrogens is 3. The SMILES string of the molecule is CC(C)c1cncc2cc(-c3cnc4c(C(C)C)cccc4n3)ccc12. The minimum atomic E-state index is 0.431. The summed E-state index contributed by atoms with van der Waals surface area (Å²) >= 11 is 0. The van der Waals surface area contributed by atoms with Crippen LogP contribution in [-0.2, 0) is 0 Å². The number of hydrogen-bond donors (Lipinski definition) is 0. The van der Waals surface area contributed by atoms with E-state index in [4.69, 9.17) is 9.97 Å². The Hall–Kier alpha value is -2.81. The van der Waals surface area contributed by atoms with E-state index in [1.165, 1.54) is 16.5 Å². The fraction of sp³-hybridized carbons (Fsp3) is 0.261. The van der Waals surface area contributed by atoms with Crippen LogP contribution >= 0.6 is 0 Å². The van der Waals surface area contributed by atoms with E-state index in [2.05, 4.69) is 63.0 Å². The van der Waals surface area contributed by atoms with E-state index in [1.807, 2.05) is 24.7 Å². The Kier molecular flexibility index (Phi) is 4.15. The van der Waals surface area contributed by atoms with Crippen LogP contribution < -0.4 is 0 Å². The van der Waals surface area contributed by atoms with Gasteiger partial charge in [-0.1, -0.05) is 52.0 Å². The van der Waals surface area contributed by atoms with Crippen molar-refractivity contribution in [2.24, 2.45) is 0 Å². The summed E-state index contributed by atoms with van der Waals surface area (Å²) in [7, 11) is 0. The normalized spacial score (nSPS) is 11.8. The van der Waals surface area contributed by atoms with E-state index in [0.717, 1.165) is 27.7 Å². The molecule has 26 heavy (non-hydrogen) atoms. The molecule has 2 aromatic carbocycles. The molecule has 0 aliphatic heterocycles. The number of hydrogen-bond acceptors (Lipinski definition) is 3. The van der Waals surface area contributed by atoms with Crippen LogP contribution in [0.4, 0.5) is 0 Å². The van der Waals surface area contributed by atoms with Crippen LogP contribution in [0.2, 0.25) is 0 Å². The summed E-state index contributed by atoms with van der Waals surface area (Å²) in [6.45, 7) is 8.77. The fourth-order valence-corrected chi connectivity index (χ4v) is 3.49. The molecule has 2 aromatic heterocycles. The molecule has 2 heterocycles. The van der Waals surface area contributed by atoms with Gasteiger partial charge in [-0.25, -0.2) is 4.98 Å². The van der Waals surface area contributed by atoms with E-state index in [-0.39, 0.29) is 0 Å². The zero-order valence-corrected chi connectivity index (χ0v) is 15.7. The highest BCUT2D eigenvalue weighted by Gasteiger charge is 2.11. The van der Waals surface area contributed by atoms with Crippen LogP contribution in [0.25, 0.3) is 33.1 Å². The first-order valence-corrected chi connectivity index (χ1v) is 9.18. The Morgan fingerprint density at radius 3 is 2.38 bits per heavy atom. The molecule has 0 aliphatic rings. The molecule has 0 bridgehead atoms. The summed E-state index contributed by atoms with van der Waals surface area (Å²) in [6, 6.07) is 12.7. The van der Waals surface area contributed by atoms with Crippen LogP contribution in [0.15, 0.2) is 55.0 Å². The molecule has 0 N–H and O–H groups in total. The van der Waals surface area contributed by atoms with Crippen molar-refractivity contribution in [3.05, 3.63) is 66.1 Å². The van der Waals surface area contributed by atoms with Crippen molar-refractivity contribution in [1.29, 1.82) is 0 Å². The van der Waals surface area contributed by atoms with Gasteiger partial charge in [0, 0.05) is 23.3 Å². The number of para-hydroxylation sites is 1. The molecule has 0 spiro atoms. The van der Waals surface area contributed by atoms with Gasteiger partial charge in [-0.3, -0.25) is 9.97 Å². The summed E-state index contributed by atoms with van der Waals surface area (Å²) in [6.07, 6.45) is 5.78. The smallest absolute Gasteiger partial charge is 0.0921 e. The molecule has 0 unspecified atom stereocenters. The topological polar surface area (TPSA) is 38.7 Å². The molecular formula is C23H23N3. The van der Waals surface area contributed by atoms with Crippen molar-refractivity contribution >= 4 is 21.8 Å². The minimum absolute atomic E-state index is 0.431. The lowest BCUT2D eigenvalue weighted by Crippen LogP contribution is -1.95. The molecular weight excluding hydrogens is 318 g/mol. The molecule has 0 radical (unpaired) electrons. The predicted molar refractivity (Wildman–Crippen MR) is 108 cm³/mol. The Bertz CT molecular complexity index is 1010. The van der Waals surface area contributed by atoms with E-state index in [1.54, 1.807) is 0 Å².